The Labute approximate surface area is 117 Å². The molecule has 0 atom stereocenters. The van der Waals surface area contributed by atoms with Gasteiger partial charge in [-0.05, 0) is 34.1 Å². The highest BCUT2D eigenvalue weighted by Crippen LogP contribution is 2.22. The average Bonchev–Trinajstić information content (AvgIpc) is 2.83. The van der Waals surface area contributed by atoms with E-state index in [2.05, 4.69) is 27.0 Å². The standard InChI is InChI=1S/C14H7BrFN3/c15-11-5-12(16)14-18-13(8-19(14)7-11)10-3-1-9(6-17)2-4-10/h1-5,7-8H. The summed E-state index contributed by atoms with van der Waals surface area (Å²) >= 11 is 3.24. The summed E-state index contributed by atoms with van der Waals surface area (Å²) in [7, 11) is 0. The van der Waals surface area contributed by atoms with Gasteiger partial charge in [0.15, 0.2) is 11.5 Å². The van der Waals surface area contributed by atoms with E-state index in [4.69, 9.17) is 5.26 Å². The second-order valence-corrected chi connectivity index (χ2v) is 4.97. The van der Waals surface area contributed by atoms with Crippen LogP contribution in [0.4, 0.5) is 4.39 Å². The molecule has 0 spiro atoms. The van der Waals surface area contributed by atoms with Gasteiger partial charge in [-0.2, -0.15) is 5.26 Å². The average molecular weight is 316 g/mol. The topological polar surface area (TPSA) is 41.1 Å². The van der Waals surface area contributed by atoms with Gasteiger partial charge in [-0.3, -0.25) is 0 Å². The number of nitrogens with zero attached hydrogens (tertiary/aromatic N) is 3. The molecule has 19 heavy (non-hydrogen) atoms. The van der Waals surface area contributed by atoms with E-state index >= 15 is 0 Å². The molecule has 1 aromatic carbocycles. The van der Waals surface area contributed by atoms with E-state index in [1.54, 1.807) is 41.1 Å². The number of hydrogen-bond acceptors (Lipinski definition) is 2. The molecule has 0 fully saturated rings. The van der Waals surface area contributed by atoms with E-state index in [-0.39, 0.29) is 11.5 Å². The van der Waals surface area contributed by atoms with Gasteiger partial charge in [0.1, 0.15) is 0 Å². The van der Waals surface area contributed by atoms with Crippen LogP contribution in [0.3, 0.4) is 0 Å². The van der Waals surface area contributed by atoms with E-state index < -0.39 is 0 Å². The zero-order valence-electron chi connectivity index (χ0n) is 9.64. The van der Waals surface area contributed by atoms with Crippen molar-refractivity contribution < 1.29 is 4.39 Å². The Morgan fingerprint density at radius 1 is 1.21 bits per heavy atom. The molecule has 0 unspecified atom stereocenters. The maximum Gasteiger partial charge on any atom is 0.173 e. The molecule has 0 radical (unpaired) electrons. The smallest absolute Gasteiger partial charge is 0.173 e. The van der Waals surface area contributed by atoms with Crippen molar-refractivity contribution in [2.24, 2.45) is 0 Å². The number of nitriles is 1. The second-order valence-electron chi connectivity index (χ2n) is 4.05. The minimum atomic E-state index is -0.380. The molecular formula is C14H7BrFN3. The lowest BCUT2D eigenvalue weighted by molar-refractivity contribution is 0.629. The van der Waals surface area contributed by atoms with E-state index in [9.17, 15) is 4.39 Å². The highest BCUT2D eigenvalue weighted by molar-refractivity contribution is 9.10. The molecule has 0 saturated heterocycles. The Morgan fingerprint density at radius 3 is 2.63 bits per heavy atom. The lowest BCUT2D eigenvalue weighted by Gasteiger charge is -1.95. The number of hydrogen-bond donors (Lipinski definition) is 0. The summed E-state index contributed by atoms with van der Waals surface area (Å²) in [4.78, 5) is 4.26. The summed E-state index contributed by atoms with van der Waals surface area (Å²) < 4.78 is 16.0. The van der Waals surface area contributed by atoms with Crippen LogP contribution in [0.25, 0.3) is 16.9 Å². The third-order valence-corrected chi connectivity index (χ3v) is 3.22. The lowest BCUT2D eigenvalue weighted by Crippen LogP contribution is -1.87. The van der Waals surface area contributed by atoms with Crippen molar-refractivity contribution in [2.45, 2.75) is 0 Å². The van der Waals surface area contributed by atoms with Gasteiger partial charge >= 0.3 is 0 Å². The first kappa shape index (κ1) is 11.9. The van der Waals surface area contributed by atoms with Gasteiger partial charge in [0, 0.05) is 22.4 Å². The maximum absolute atomic E-state index is 13.7. The molecule has 3 aromatic rings. The van der Waals surface area contributed by atoms with Gasteiger partial charge in [0.25, 0.3) is 0 Å². The first-order chi connectivity index (χ1) is 9.17. The number of fused-ring (bicyclic) bond motifs is 1. The van der Waals surface area contributed by atoms with Gasteiger partial charge in [-0.25, -0.2) is 9.37 Å². The number of aromatic nitrogens is 2. The molecule has 3 rings (SSSR count). The molecule has 5 heteroatoms. The van der Waals surface area contributed by atoms with Crippen molar-refractivity contribution in [3.8, 4) is 17.3 Å². The fraction of sp³-hybridized carbons (Fsp3) is 0. The maximum atomic E-state index is 13.7. The predicted molar refractivity (Wildman–Crippen MR) is 73.0 cm³/mol. The number of halogens is 2. The summed E-state index contributed by atoms with van der Waals surface area (Å²) in [5.41, 5.74) is 2.38. The largest absolute Gasteiger partial charge is 0.303 e. The molecule has 0 aliphatic rings. The van der Waals surface area contributed by atoms with E-state index in [1.165, 1.54) is 6.07 Å². The van der Waals surface area contributed by atoms with Crippen LogP contribution >= 0.6 is 15.9 Å². The lowest BCUT2D eigenvalue weighted by atomic mass is 10.1. The SMILES string of the molecule is N#Cc1ccc(-c2cn3cc(Br)cc(F)c3n2)cc1. The monoisotopic (exact) mass is 315 g/mol. The second kappa shape index (κ2) is 4.48. The van der Waals surface area contributed by atoms with Gasteiger partial charge in [0.05, 0.1) is 17.3 Å². The van der Waals surface area contributed by atoms with Gasteiger partial charge < -0.3 is 4.40 Å². The van der Waals surface area contributed by atoms with Crippen LogP contribution in [0.15, 0.2) is 47.2 Å². The Balaban J connectivity index is 2.15. The van der Waals surface area contributed by atoms with Crippen molar-refractivity contribution in [1.82, 2.24) is 9.38 Å². The van der Waals surface area contributed by atoms with E-state index in [1.807, 2.05) is 0 Å². The van der Waals surface area contributed by atoms with Crippen LogP contribution in [0, 0.1) is 17.1 Å². The third-order valence-electron chi connectivity index (χ3n) is 2.78. The van der Waals surface area contributed by atoms with Crippen molar-refractivity contribution in [3.63, 3.8) is 0 Å². The quantitative estimate of drug-likeness (QED) is 0.685. The summed E-state index contributed by atoms with van der Waals surface area (Å²) in [6.07, 6.45) is 3.50. The predicted octanol–water partition coefficient (Wildman–Crippen LogP) is 3.77. The molecule has 0 aliphatic carbocycles. The molecule has 3 nitrogen and oxygen atoms in total. The Bertz CT molecular complexity index is 800. The summed E-state index contributed by atoms with van der Waals surface area (Å²) in [6, 6.07) is 10.5. The van der Waals surface area contributed by atoms with Crippen molar-refractivity contribution in [1.29, 1.82) is 5.26 Å². The number of rotatable bonds is 1. The van der Waals surface area contributed by atoms with E-state index in [0.717, 1.165) is 5.56 Å². The minimum Gasteiger partial charge on any atom is -0.303 e. The first-order valence-corrected chi connectivity index (χ1v) is 6.31. The zero-order valence-corrected chi connectivity index (χ0v) is 11.2. The molecule has 92 valence electrons. The summed E-state index contributed by atoms with van der Waals surface area (Å²) in [5, 5.41) is 8.76. The fourth-order valence-electron chi connectivity index (χ4n) is 1.88. The van der Waals surface area contributed by atoms with Gasteiger partial charge in [-0.1, -0.05) is 12.1 Å². The van der Waals surface area contributed by atoms with Crippen molar-refractivity contribution in [3.05, 3.63) is 58.6 Å². The van der Waals surface area contributed by atoms with E-state index in [0.29, 0.717) is 15.7 Å². The Kier molecular flexibility index (Phi) is 2.80. The summed E-state index contributed by atoms with van der Waals surface area (Å²) in [5.74, 6) is -0.380. The first-order valence-electron chi connectivity index (χ1n) is 5.51. The highest BCUT2D eigenvalue weighted by Gasteiger charge is 2.09. The minimum absolute atomic E-state index is 0.280. The van der Waals surface area contributed by atoms with Crippen molar-refractivity contribution in [2.75, 3.05) is 0 Å². The number of imidazole rings is 1. The zero-order chi connectivity index (χ0) is 13.4. The van der Waals surface area contributed by atoms with Gasteiger partial charge in [-0.15, -0.1) is 0 Å². The van der Waals surface area contributed by atoms with Crippen LogP contribution in [0.1, 0.15) is 5.56 Å². The molecule has 0 N–H and O–H groups in total. The van der Waals surface area contributed by atoms with Crippen LogP contribution in [-0.4, -0.2) is 9.38 Å². The highest BCUT2D eigenvalue weighted by atomic mass is 79.9. The Hall–Kier alpha value is -2.19. The Morgan fingerprint density at radius 2 is 1.95 bits per heavy atom. The molecule has 0 bridgehead atoms. The molecule has 2 heterocycles. The molecule has 0 amide bonds. The van der Waals surface area contributed by atoms with Crippen LogP contribution in [0.5, 0.6) is 0 Å². The molecule has 0 aliphatic heterocycles. The fourth-order valence-corrected chi connectivity index (χ4v) is 2.30. The summed E-state index contributed by atoms with van der Waals surface area (Å²) in [6.45, 7) is 0. The molecular weight excluding hydrogens is 309 g/mol. The molecule has 2 aromatic heterocycles. The van der Waals surface area contributed by atoms with Crippen molar-refractivity contribution >= 4 is 21.6 Å². The normalized spacial score (nSPS) is 10.6. The van der Waals surface area contributed by atoms with Crippen LogP contribution in [-0.2, 0) is 0 Å². The number of benzene rings is 1. The van der Waals surface area contributed by atoms with Crippen LogP contribution < -0.4 is 0 Å². The number of pyridine rings is 1. The molecule has 0 saturated carbocycles. The van der Waals surface area contributed by atoms with Gasteiger partial charge in [0.2, 0.25) is 0 Å². The van der Waals surface area contributed by atoms with Crippen LogP contribution in [0.2, 0.25) is 0 Å². The third kappa shape index (κ3) is 2.11.